The molecule has 2 saturated carbocycles. The Morgan fingerprint density at radius 2 is 1.77 bits per heavy atom. The van der Waals surface area contributed by atoms with E-state index in [1.807, 2.05) is 13.1 Å². The number of hydrogen-bond donors (Lipinski definition) is 3. The Labute approximate surface area is 188 Å². The fraction of sp³-hybridized carbons (Fsp3) is 0.708. The molecule has 1 heterocycles. The Balaban J connectivity index is 1.86. The Bertz CT molecular complexity index is 774. The molecular formula is C24H41N7. The molecule has 2 fully saturated rings. The highest BCUT2D eigenvalue weighted by atomic mass is 15.2. The highest BCUT2D eigenvalue weighted by Crippen LogP contribution is 2.33. The normalized spacial score (nSPS) is 26.8. The van der Waals surface area contributed by atoms with Crippen LogP contribution in [0.1, 0.15) is 77.8 Å². The van der Waals surface area contributed by atoms with Gasteiger partial charge >= 0.3 is 0 Å². The number of nitrogens with one attached hydrogen (secondary N) is 2. The lowest BCUT2D eigenvalue weighted by Gasteiger charge is -2.33. The molecule has 0 spiro atoms. The number of nitrogens with zero attached hydrogens (tertiary/aromatic N) is 4. The van der Waals surface area contributed by atoms with Gasteiger partial charge in [0.25, 0.3) is 0 Å². The number of rotatable bonds is 7. The van der Waals surface area contributed by atoms with Gasteiger partial charge < -0.3 is 21.3 Å². The van der Waals surface area contributed by atoms with E-state index in [-0.39, 0.29) is 6.04 Å². The minimum Gasteiger partial charge on any atom is -0.365 e. The Morgan fingerprint density at radius 3 is 2.39 bits per heavy atom. The highest BCUT2D eigenvalue weighted by molar-refractivity contribution is 5.78. The molecule has 2 unspecified atom stereocenters. The quantitative estimate of drug-likeness (QED) is 0.551. The van der Waals surface area contributed by atoms with Gasteiger partial charge in [-0.2, -0.15) is 4.98 Å². The number of nitrogens with two attached hydrogens (primary N) is 1. The van der Waals surface area contributed by atoms with Crippen LogP contribution in [-0.2, 0) is 0 Å². The third-order valence-electron chi connectivity index (χ3n) is 6.41. The molecule has 0 bridgehead atoms. The summed E-state index contributed by atoms with van der Waals surface area (Å²) < 4.78 is 0. The van der Waals surface area contributed by atoms with Crippen LogP contribution in [0.2, 0.25) is 0 Å². The number of allylic oxidation sites excluding steroid dienone is 1. The van der Waals surface area contributed by atoms with E-state index in [1.165, 1.54) is 18.4 Å². The molecule has 7 heteroatoms. The minimum atomic E-state index is 0.257. The van der Waals surface area contributed by atoms with Gasteiger partial charge in [-0.3, -0.25) is 4.99 Å². The largest absolute Gasteiger partial charge is 0.365 e. The summed E-state index contributed by atoms with van der Waals surface area (Å²) in [5, 5.41) is 7.28. The average molecular weight is 428 g/mol. The van der Waals surface area contributed by atoms with Gasteiger partial charge in [-0.05, 0) is 92.3 Å². The van der Waals surface area contributed by atoms with E-state index in [1.54, 1.807) is 0 Å². The highest BCUT2D eigenvalue weighted by Gasteiger charge is 2.25. The second-order valence-electron chi connectivity index (χ2n) is 9.62. The second kappa shape index (κ2) is 11.0. The summed E-state index contributed by atoms with van der Waals surface area (Å²) in [6.45, 7) is 6.11. The zero-order chi connectivity index (χ0) is 22.4. The molecule has 3 rings (SSSR count). The Morgan fingerprint density at radius 1 is 1.03 bits per heavy atom. The fourth-order valence-electron chi connectivity index (χ4n) is 4.74. The predicted octanol–water partition coefficient (Wildman–Crippen LogP) is 4.59. The van der Waals surface area contributed by atoms with Gasteiger partial charge in [0.1, 0.15) is 5.69 Å². The van der Waals surface area contributed by atoms with Crippen molar-refractivity contribution in [2.24, 2.45) is 10.7 Å². The summed E-state index contributed by atoms with van der Waals surface area (Å²) in [4.78, 5) is 16.7. The van der Waals surface area contributed by atoms with E-state index < -0.39 is 0 Å². The maximum Gasteiger partial charge on any atom is 0.225 e. The van der Waals surface area contributed by atoms with Crippen molar-refractivity contribution in [2.75, 3.05) is 24.7 Å². The molecule has 0 aliphatic heterocycles. The second-order valence-corrected chi connectivity index (χ2v) is 9.62. The predicted molar refractivity (Wildman–Crippen MR) is 132 cm³/mol. The van der Waals surface area contributed by atoms with E-state index in [2.05, 4.69) is 54.5 Å². The minimum absolute atomic E-state index is 0.257. The van der Waals surface area contributed by atoms with E-state index in [0.717, 1.165) is 55.7 Å². The van der Waals surface area contributed by atoms with Crippen LogP contribution in [0, 0.1) is 0 Å². The van der Waals surface area contributed by atoms with Crippen molar-refractivity contribution in [3.05, 3.63) is 11.3 Å². The summed E-state index contributed by atoms with van der Waals surface area (Å²) in [6, 6.07) is 1.67. The van der Waals surface area contributed by atoms with Crippen molar-refractivity contribution in [3.63, 3.8) is 0 Å². The zero-order valence-corrected chi connectivity index (χ0v) is 20.0. The lowest BCUT2D eigenvalue weighted by Crippen LogP contribution is -2.36. The van der Waals surface area contributed by atoms with Crippen LogP contribution >= 0.6 is 0 Å². The fourth-order valence-corrected chi connectivity index (χ4v) is 4.74. The zero-order valence-electron chi connectivity index (χ0n) is 20.0. The molecule has 7 nitrogen and oxygen atoms in total. The van der Waals surface area contributed by atoms with Gasteiger partial charge in [0, 0.05) is 30.4 Å². The topological polar surface area (TPSA) is 91.5 Å². The Hall–Kier alpha value is -1.99. The Kier molecular flexibility index (Phi) is 8.43. The molecule has 4 N–H and O–H groups in total. The molecule has 31 heavy (non-hydrogen) atoms. The lowest BCUT2D eigenvalue weighted by atomic mass is 9.90. The number of hydrogen-bond acceptors (Lipinski definition) is 7. The lowest BCUT2D eigenvalue weighted by molar-refractivity contribution is 0.221. The van der Waals surface area contributed by atoms with Gasteiger partial charge in [0.15, 0.2) is 5.82 Å². The molecule has 0 saturated heterocycles. The van der Waals surface area contributed by atoms with Crippen LogP contribution in [0.5, 0.6) is 0 Å². The van der Waals surface area contributed by atoms with Gasteiger partial charge in [0.05, 0.1) is 5.69 Å². The summed E-state index contributed by atoms with van der Waals surface area (Å²) in [6.07, 6.45) is 12.9. The first-order valence-electron chi connectivity index (χ1n) is 11.9. The SMILES string of the molecule is C/C=N\c1c(C=C(C)C)nc(N[C@H]2CC[C@H](N(C)C)CC2)nc1NC1CCCC(N)C1. The monoisotopic (exact) mass is 427 g/mol. The first-order valence-corrected chi connectivity index (χ1v) is 11.9. The number of anilines is 2. The molecule has 0 radical (unpaired) electrons. The third-order valence-corrected chi connectivity index (χ3v) is 6.41. The third kappa shape index (κ3) is 6.74. The number of aromatic nitrogens is 2. The first-order chi connectivity index (χ1) is 14.9. The van der Waals surface area contributed by atoms with Crippen molar-refractivity contribution >= 4 is 29.7 Å². The first kappa shape index (κ1) is 23.7. The smallest absolute Gasteiger partial charge is 0.225 e. The van der Waals surface area contributed by atoms with Gasteiger partial charge in [0.2, 0.25) is 5.95 Å². The van der Waals surface area contributed by atoms with Crippen LogP contribution < -0.4 is 16.4 Å². The average Bonchev–Trinajstić information content (AvgIpc) is 2.70. The van der Waals surface area contributed by atoms with Crippen molar-refractivity contribution in [1.82, 2.24) is 14.9 Å². The summed E-state index contributed by atoms with van der Waals surface area (Å²) in [7, 11) is 4.35. The standard InChI is InChI=1S/C24H41N7/c1-6-26-22-21(14-16(2)3)29-24(28-18-10-12-20(13-11-18)31(4)5)30-23(22)27-19-9-7-8-17(25)15-19/h6,14,17-20H,7-13,15,25H2,1-5H3,(H2,27,28,29,30)/b26-6-/t17?,18-,19?,20-. The molecular weight excluding hydrogens is 386 g/mol. The van der Waals surface area contributed by atoms with Crippen LogP contribution in [0.15, 0.2) is 10.6 Å². The van der Waals surface area contributed by atoms with Gasteiger partial charge in [-0.1, -0.05) is 5.57 Å². The molecule has 0 aromatic carbocycles. The van der Waals surface area contributed by atoms with Crippen molar-refractivity contribution < 1.29 is 0 Å². The van der Waals surface area contributed by atoms with Crippen molar-refractivity contribution in [3.8, 4) is 0 Å². The van der Waals surface area contributed by atoms with Crippen LogP contribution in [0.3, 0.4) is 0 Å². The van der Waals surface area contributed by atoms with Crippen molar-refractivity contribution in [1.29, 1.82) is 0 Å². The molecule has 1 aromatic heterocycles. The summed E-state index contributed by atoms with van der Waals surface area (Å²) in [5.74, 6) is 1.50. The molecule has 172 valence electrons. The van der Waals surface area contributed by atoms with Crippen LogP contribution in [-0.4, -0.2) is 59.3 Å². The van der Waals surface area contributed by atoms with E-state index >= 15 is 0 Å². The van der Waals surface area contributed by atoms with E-state index in [9.17, 15) is 0 Å². The molecule has 1 aromatic rings. The van der Waals surface area contributed by atoms with E-state index in [0.29, 0.717) is 24.1 Å². The summed E-state index contributed by atoms with van der Waals surface area (Å²) >= 11 is 0. The molecule has 2 aliphatic carbocycles. The van der Waals surface area contributed by atoms with E-state index in [4.69, 9.17) is 15.7 Å². The molecule has 2 aliphatic rings. The van der Waals surface area contributed by atoms with Gasteiger partial charge in [-0.15, -0.1) is 0 Å². The molecule has 2 atom stereocenters. The number of aliphatic imine (C=N–C) groups is 1. The summed E-state index contributed by atoms with van der Waals surface area (Å²) in [5.41, 5.74) is 9.09. The van der Waals surface area contributed by atoms with Crippen LogP contribution in [0.25, 0.3) is 6.08 Å². The van der Waals surface area contributed by atoms with Gasteiger partial charge in [-0.25, -0.2) is 4.98 Å². The maximum absolute atomic E-state index is 6.23. The molecule has 0 amide bonds. The van der Waals surface area contributed by atoms with Crippen LogP contribution in [0.4, 0.5) is 17.5 Å². The van der Waals surface area contributed by atoms with Crippen molar-refractivity contribution in [2.45, 2.75) is 96.3 Å². The maximum atomic E-state index is 6.23.